The lowest BCUT2D eigenvalue weighted by Gasteiger charge is -2.22. The van der Waals surface area contributed by atoms with Gasteiger partial charge in [-0.15, -0.1) is 0 Å². The summed E-state index contributed by atoms with van der Waals surface area (Å²) in [6.45, 7) is 1.46. The maximum atomic E-state index is 9.05. The van der Waals surface area contributed by atoms with Crippen LogP contribution in [0.15, 0.2) is 0 Å². The van der Waals surface area contributed by atoms with E-state index in [4.69, 9.17) is 20.4 Å². The lowest BCUT2D eigenvalue weighted by molar-refractivity contribution is -0.189. The van der Waals surface area contributed by atoms with Gasteiger partial charge in [0.25, 0.3) is 0 Å². The van der Waals surface area contributed by atoms with Crippen LogP contribution >= 0.6 is 0 Å². The molecule has 0 heterocycles. The Morgan fingerprint density at radius 3 is 2.27 bits per heavy atom. The Labute approximate surface area is 66.1 Å². The van der Waals surface area contributed by atoms with Crippen molar-refractivity contribution in [3.8, 4) is 0 Å². The number of aliphatic hydroxyl groups excluding tert-OH is 2. The van der Waals surface area contributed by atoms with Crippen LogP contribution in [-0.4, -0.2) is 38.9 Å². The van der Waals surface area contributed by atoms with E-state index in [1.807, 2.05) is 0 Å². The predicted octanol–water partition coefficient (Wildman–Crippen LogP) is -0.789. The molecule has 1 atom stereocenters. The summed E-state index contributed by atoms with van der Waals surface area (Å²) in [4.78, 5) is 0. The van der Waals surface area contributed by atoms with Crippen molar-refractivity contribution < 1.29 is 20.4 Å². The summed E-state index contributed by atoms with van der Waals surface area (Å²) in [5, 5.41) is 35.5. The molecule has 0 aromatic heterocycles. The van der Waals surface area contributed by atoms with Crippen LogP contribution in [0.1, 0.15) is 26.2 Å². The molecule has 68 valence electrons. The normalized spacial score (nSPS) is 15.0. The Morgan fingerprint density at radius 2 is 1.91 bits per heavy atom. The Kier molecular flexibility index (Phi) is 4.60. The molecule has 0 aliphatic carbocycles. The Bertz CT molecular complexity index is 103. The minimum absolute atomic E-state index is 0.107. The van der Waals surface area contributed by atoms with Gasteiger partial charge in [-0.3, -0.25) is 0 Å². The van der Waals surface area contributed by atoms with E-state index in [9.17, 15) is 0 Å². The zero-order chi connectivity index (χ0) is 8.91. The summed E-state index contributed by atoms with van der Waals surface area (Å²) in [5.41, 5.74) is 0. The average molecular weight is 164 g/mol. The van der Waals surface area contributed by atoms with Gasteiger partial charge in [0.2, 0.25) is 0 Å². The van der Waals surface area contributed by atoms with E-state index < -0.39 is 11.9 Å². The molecule has 0 aliphatic heterocycles. The van der Waals surface area contributed by atoms with Crippen molar-refractivity contribution >= 4 is 0 Å². The van der Waals surface area contributed by atoms with Crippen LogP contribution in [0.4, 0.5) is 0 Å². The molecule has 0 aromatic rings. The average Bonchev–Trinajstić information content (AvgIpc) is 1.86. The van der Waals surface area contributed by atoms with Crippen LogP contribution in [-0.2, 0) is 0 Å². The van der Waals surface area contributed by atoms with E-state index >= 15 is 0 Å². The monoisotopic (exact) mass is 164 g/mol. The number of hydrogen-bond acceptors (Lipinski definition) is 4. The predicted molar refractivity (Wildman–Crippen MR) is 39.8 cm³/mol. The molecule has 0 saturated carbocycles. The molecule has 0 saturated heterocycles. The highest BCUT2D eigenvalue weighted by Gasteiger charge is 2.25. The van der Waals surface area contributed by atoms with E-state index in [-0.39, 0.29) is 19.4 Å². The first kappa shape index (κ1) is 10.8. The molecule has 0 fully saturated rings. The van der Waals surface area contributed by atoms with Gasteiger partial charge in [0.05, 0.1) is 6.10 Å². The maximum Gasteiger partial charge on any atom is 0.167 e. The molecule has 0 bridgehead atoms. The van der Waals surface area contributed by atoms with Crippen LogP contribution in [0.25, 0.3) is 0 Å². The van der Waals surface area contributed by atoms with E-state index in [0.29, 0.717) is 6.42 Å². The second-order valence-electron chi connectivity index (χ2n) is 2.72. The summed E-state index contributed by atoms with van der Waals surface area (Å²) < 4.78 is 0. The van der Waals surface area contributed by atoms with Crippen molar-refractivity contribution in [1.29, 1.82) is 0 Å². The molecule has 0 aliphatic rings. The maximum absolute atomic E-state index is 9.05. The van der Waals surface area contributed by atoms with E-state index in [0.717, 1.165) is 0 Å². The highest BCUT2D eigenvalue weighted by molar-refractivity contribution is 4.68. The van der Waals surface area contributed by atoms with Gasteiger partial charge in [0, 0.05) is 19.4 Å². The molecule has 0 amide bonds. The lowest BCUT2D eigenvalue weighted by atomic mass is 10.0. The summed E-state index contributed by atoms with van der Waals surface area (Å²) in [6.07, 6.45) is -0.459. The van der Waals surface area contributed by atoms with Gasteiger partial charge in [-0.05, 0) is 6.42 Å². The van der Waals surface area contributed by atoms with Gasteiger partial charge < -0.3 is 20.4 Å². The molecule has 4 nitrogen and oxygen atoms in total. The number of aliphatic hydroxyl groups is 4. The van der Waals surface area contributed by atoms with Crippen molar-refractivity contribution in [2.45, 2.75) is 38.1 Å². The van der Waals surface area contributed by atoms with Crippen LogP contribution in [0.5, 0.6) is 0 Å². The highest BCUT2D eigenvalue weighted by atomic mass is 16.5. The molecule has 0 radical (unpaired) electrons. The summed E-state index contributed by atoms with van der Waals surface area (Å²) in [5.74, 6) is -1.93. The third-order valence-electron chi connectivity index (χ3n) is 1.55. The van der Waals surface area contributed by atoms with Gasteiger partial charge in [-0.25, -0.2) is 0 Å². The number of hydrogen-bond donors (Lipinski definition) is 4. The Hall–Kier alpha value is -0.160. The van der Waals surface area contributed by atoms with Crippen LogP contribution < -0.4 is 0 Å². The zero-order valence-corrected chi connectivity index (χ0v) is 6.69. The standard InChI is InChI=1S/C7H16O4/c1-2-6(9)5-7(10,11)3-4-8/h6,8-11H,2-5H2,1H3. The van der Waals surface area contributed by atoms with Gasteiger partial charge in [-0.2, -0.15) is 0 Å². The fraction of sp³-hybridized carbons (Fsp3) is 1.00. The second kappa shape index (κ2) is 4.66. The van der Waals surface area contributed by atoms with Gasteiger partial charge in [0.15, 0.2) is 5.79 Å². The van der Waals surface area contributed by atoms with Crippen LogP contribution in [0, 0.1) is 0 Å². The van der Waals surface area contributed by atoms with E-state index in [2.05, 4.69) is 0 Å². The topological polar surface area (TPSA) is 80.9 Å². The molecule has 0 aromatic carbocycles. The van der Waals surface area contributed by atoms with Gasteiger partial charge >= 0.3 is 0 Å². The van der Waals surface area contributed by atoms with Crippen molar-refractivity contribution in [3.05, 3.63) is 0 Å². The van der Waals surface area contributed by atoms with Gasteiger partial charge in [0.1, 0.15) is 0 Å². The second-order valence-corrected chi connectivity index (χ2v) is 2.72. The third kappa shape index (κ3) is 5.15. The molecule has 4 N–H and O–H groups in total. The summed E-state index contributed by atoms with van der Waals surface area (Å²) in [6, 6.07) is 0. The smallest absolute Gasteiger partial charge is 0.167 e. The van der Waals surface area contributed by atoms with Crippen molar-refractivity contribution in [1.82, 2.24) is 0 Å². The van der Waals surface area contributed by atoms with Crippen molar-refractivity contribution in [2.75, 3.05) is 6.61 Å². The van der Waals surface area contributed by atoms with Crippen LogP contribution in [0.3, 0.4) is 0 Å². The molecular weight excluding hydrogens is 148 g/mol. The van der Waals surface area contributed by atoms with E-state index in [1.54, 1.807) is 6.92 Å². The zero-order valence-electron chi connectivity index (χ0n) is 6.69. The van der Waals surface area contributed by atoms with E-state index in [1.165, 1.54) is 0 Å². The Balaban J connectivity index is 3.70. The largest absolute Gasteiger partial charge is 0.396 e. The molecule has 11 heavy (non-hydrogen) atoms. The fourth-order valence-electron chi connectivity index (χ4n) is 0.803. The minimum atomic E-state index is -1.93. The molecular formula is C7H16O4. The Morgan fingerprint density at radius 1 is 1.36 bits per heavy atom. The fourth-order valence-corrected chi connectivity index (χ4v) is 0.803. The molecule has 4 heteroatoms. The first-order valence-corrected chi connectivity index (χ1v) is 3.75. The van der Waals surface area contributed by atoms with Crippen molar-refractivity contribution in [2.24, 2.45) is 0 Å². The molecule has 0 rings (SSSR count). The quantitative estimate of drug-likeness (QED) is 0.401. The third-order valence-corrected chi connectivity index (χ3v) is 1.55. The molecule has 0 spiro atoms. The first-order chi connectivity index (χ1) is 5.02. The van der Waals surface area contributed by atoms with Gasteiger partial charge in [-0.1, -0.05) is 6.92 Å². The summed E-state index contributed by atoms with van der Waals surface area (Å²) in [7, 11) is 0. The SMILES string of the molecule is CCC(O)CC(O)(O)CCO. The van der Waals surface area contributed by atoms with Crippen LogP contribution in [0.2, 0.25) is 0 Å². The first-order valence-electron chi connectivity index (χ1n) is 3.75. The lowest BCUT2D eigenvalue weighted by Crippen LogP contribution is -2.33. The summed E-state index contributed by atoms with van der Waals surface area (Å²) >= 11 is 0. The number of rotatable bonds is 5. The van der Waals surface area contributed by atoms with Crippen molar-refractivity contribution in [3.63, 3.8) is 0 Å². The minimum Gasteiger partial charge on any atom is -0.396 e. The highest BCUT2D eigenvalue weighted by Crippen LogP contribution is 2.14. The molecule has 1 unspecified atom stereocenters.